The van der Waals surface area contributed by atoms with Gasteiger partial charge in [0.05, 0.1) is 0 Å². The first kappa shape index (κ1) is 14.1. The number of para-hydroxylation sites is 1. The van der Waals surface area contributed by atoms with E-state index in [0.717, 1.165) is 0 Å². The summed E-state index contributed by atoms with van der Waals surface area (Å²) in [6, 6.07) is 7.68. The molecule has 0 amide bonds. The monoisotopic (exact) mass is 246 g/mol. The Hall–Kier alpha value is 0.0800. The maximum absolute atomic E-state index is 10.7. The van der Waals surface area contributed by atoms with Gasteiger partial charge >= 0.3 is 48.8 Å². The van der Waals surface area contributed by atoms with Crippen LogP contribution < -0.4 is 33.7 Å². The van der Waals surface area contributed by atoms with Crippen LogP contribution in [-0.2, 0) is 19.3 Å². The third-order valence-electron chi connectivity index (χ3n) is 1.08. The van der Waals surface area contributed by atoms with Gasteiger partial charge < -0.3 is 5.61 Å². The summed E-state index contributed by atoms with van der Waals surface area (Å²) in [6.07, 6.45) is 0. The third-order valence-corrected chi connectivity index (χ3v) is 2.99. The second-order valence-corrected chi connectivity index (χ2v) is 5.54. The Morgan fingerprint density at radius 2 is 1.79 bits per heavy atom. The number of rotatable bonds is 3. The zero-order chi connectivity index (χ0) is 9.90. The third kappa shape index (κ3) is 4.54. The van der Waals surface area contributed by atoms with Gasteiger partial charge in [0.15, 0.2) is 0 Å². The van der Waals surface area contributed by atoms with E-state index in [1.165, 1.54) is 12.1 Å². The second-order valence-electron chi connectivity index (χ2n) is 2.03. The van der Waals surface area contributed by atoms with E-state index in [4.69, 9.17) is 4.55 Å². The molecule has 0 fully saturated rings. The molecule has 0 saturated heterocycles. The van der Waals surface area contributed by atoms with E-state index >= 15 is 0 Å². The molecule has 1 N–H and O–H groups in total. The molecule has 0 aliphatic rings. The molecule has 1 aromatic rings. The predicted molar refractivity (Wildman–Crippen MR) is 47.9 cm³/mol. The molecule has 0 spiro atoms. The molecule has 0 saturated carbocycles. The molecule has 0 radical (unpaired) electrons. The smallest absolute Gasteiger partial charge is 1.00 e. The van der Waals surface area contributed by atoms with Crippen LogP contribution in [0.5, 0.6) is 5.75 Å². The van der Waals surface area contributed by atoms with Crippen LogP contribution in [0.3, 0.4) is 0 Å². The van der Waals surface area contributed by atoms with Gasteiger partial charge in [-0.1, -0.05) is 18.2 Å². The van der Waals surface area contributed by atoms with Crippen LogP contribution in [0.25, 0.3) is 0 Å². The van der Waals surface area contributed by atoms with E-state index in [0.29, 0.717) is 0 Å². The molecule has 1 atom stereocenters. The molecule has 0 aliphatic carbocycles. The van der Waals surface area contributed by atoms with Crippen molar-refractivity contribution in [3.63, 3.8) is 0 Å². The summed E-state index contributed by atoms with van der Waals surface area (Å²) in [4.78, 5) is 0. The van der Waals surface area contributed by atoms with Gasteiger partial charge in [0.1, 0.15) is 5.75 Å². The zero-order valence-corrected chi connectivity index (χ0v) is 10.9. The summed E-state index contributed by atoms with van der Waals surface area (Å²) >= 11 is 0. The number of hydrogen-bond acceptors (Lipinski definition) is 4. The molecule has 5 nitrogen and oxygen atoms in total. The van der Waals surface area contributed by atoms with Gasteiger partial charge in [0.25, 0.3) is 0 Å². The molecule has 0 aromatic heterocycles. The quantitative estimate of drug-likeness (QED) is 0.367. The van der Waals surface area contributed by atoms with Crippen molar-refractivity contribution in [1.82, 2.24) is 0 Å². The topological polar surface area (TPSA) is 80.7 Å². The van der Waals surface area contributed by atoms with Gasteiger partial charge in [-0.2, -0.15) is 12.6 Å². The van der Waals surface area contributed by atoms with Gasteiger partial charge in [0.2, 0.25) is 0 Å². The minimum atomic E-state index is -4.65. The Kier molecular flexibility index (Phi) is 5.87. The molecule has 1 rings (SSSR count). The molecule has 0 aliphatic heterocycles. The number of benzene rings is 1. The van der Waals surface area contributed by atoms with Crippen molar-refractivity contribution in [2.75, 3.05) is 0 Å². The van der Waals surface area contributed by atoms with Crippen LogP contribution in [0.15, 0.2) is 30.3 Å². The van der Waals surface area contributed by atoms with E-state index in [1.807, 2.05) is 0 Å². The molecule has 1 unspecified atom stereocenters. The van der Waals surface area contributed by atoms with Crippen molar-refractivity contribution >= 4 is 19.3 Å². The Labute approximate surface area is 107 Å². The van der Waals surface area contributed by atoms with Crippen LogP contribution in [0, 0.1) is 0 Å². The van der Waals surface area contributed by atoms with Gasteiger partial charge in [-0.3, -0.25) is 4.55 Å². The summed E-state index contributed by atoms with van der Waals surface area (Å²) in [5, 5.41) is 0. The minimum absolute atomic E-state index is 0. The first-order valence-electron chi connectivity index (χ1n) is 3.13. The van der Waals surface area contributed by atoms with Crippen LogP contribution in [-0.4, -0.2) is 17.2 Å². The van der Waals surface area contributed by atoms with Gasteiger partial charge in [0, 0.05) is 0 Å². The van der Waals surface area contributed by atoms with Crippen LogP contribution in [0.4, 0.5) is 0 Å². The first-order valence-corrected chi connectivity index (χ1v) is 6.16. The summed E-state index contributed by atoms with van der Waals surface area (Å²) in [7, 11) is -7.41. The molecule has 74 valence electrons. The molecular formula is C6H7NaO5S2. The van der Waals surface area contributed by atoms with Crippen molar-refractivity contribution < 1.29 is 52.3 Å². The molecule has 0 heterocycles. The molecule has 8 heteroatoms. The van der Waals surface area contributed by atoms with Crippen molar-refractivity contribution in [3.05, 3.63) is 30.3 Å². The van der Waals surface area contributed by atoms with Gasteiger partial charge in [-0.05, 0) is 12.1 Å². The fourth-order valence-electron chi connectivity index (χ4n) is 0.598. The number of hydrogen-bond donors (Lipinski definition) is 1. The Morgan fingerprint density at radius 3 is 2.21 bits per heavy atom. The van der Waals surface area contributed by atoms with Crippen LogP contribution in [0.2, 0.25) is 0 Å². The first-order chi connectivity index (χ1) is 6.00. The SMILES string of the molecule is O=S(Oc1ccccc1)S(=O)(=O)O.[H-].[Na+]. The summed E-state index contributed by atoms with van der Waals surface area (Å²) < 4.78 is 43.9. The average molecular weight is 246 g/mol. The summed E-state index contributed by atoms with van der Waals surface area (Å²) in [5.41, 5.74) is 0. The Balaban J connectivity index is 0. The molecule has 0 bridgehead atoms. The summed E-state index contributed by atoms with van der Waals surface area (Å²) in [6.45, 7) is 0. The van der Waals surface area contributed by atoms with E-state index in [-0.39, 0.29) is 36.7 Å². The zero-order valence-electron chi connectivity index (χ0n) is 8.28. The van der Waals surface area contributed by atoms with Crippen LogP contribution >= 0.6 is 0 Å². The normalized spacial score (nSPS) is 12.6. The maximum atomic E-state index is 10.7. The Bertz CT molecular complexity index is 407. The van der Waals surface area contributed by atoms with Crippen molar-refractivity contribution in [3.8, 4) is 5.75 Å². The maximum Gasteiger partial charge on any atom is 1.00 e. The van der Waals surface area contributed by atoms with Crippen molar-refractivity contribution in [1.29, 1.82) is 0 Å². The van der Waals surface area contributed by atoms with Crippen molar-refractivity contribution in [2.45, 2.75) is 0 Å². The average Bonchev–Trinajstić information content (AvgIpc) is 2.04. The van der Waals surface area contributed by atoms with E-state index in [2.05, 4.69) is 4.18 Å². The van der Waals surface area contributed by atoms with Crippen LogP contribution in [0.1, 0.15) is 1.43 Å². The van der Waals surface area contributed by atoms with E-state index in [9.17, 15) is 12.6 Å². The van der Waals surface area contributed by atoms with Gasteiger partial charge in [-0.15, -0.1) is 0 Å². The molecular weight excluding hydrogens is 239 g/mol. The predicted octanol–water partition coefficient (Wildman–Crippen LogP) is -2.35. The van der Waals surface area contributed by atoms with Gasteiger partial charge in [-0.25, -0.2) is 0 Å². The standard InChI is InChI=1S/C6H6O5S2.Na.H/c7-12(13(8,9)10)11-6-4-2-1-3-5-6;;/h1-5H,(H,8,9,10);;/q;+1;-1. The summed E-state index contributed by atoms with van der Waals surface area (Å²) in [5.74, 6) is 0.110. The van der Waals surface area contributed by atoms with E-state index < -0.39 is 19.3 Å². The fraction of sp³-hybridized carbons (Fsp3) is 0. The molecule has 1 aromatic carbocycles. The fourth-order valence-corrected chi connectivity index (χ4v) is 1.45. The van der Waals surface area contributed by atoms with E-state index in [1.54, 1.807) is 18.2 Å². The second kappa shape index (κ2) is 5.84. The van der Waals surface area contributed by atoms with Crippen molar-refractivity contribution in [2.24, 2.45) is 0 Å². The minimum Gasteiger partial charge on any atom is -1.00 e. The largest absolute Gasteiger partial charge is 1.00 e. The molecule has 14 heavy (non-hydrogen) atoms. The Morgan fingerprint density at radius 1 is 1.29 bits per heavy atom.